The summed E-state index contributed by atoms with van der Waals surface area (Å²) in [5, 5.41) is 9.46. The number of hydrogen-bond donors (Lipinski definition) is 1. The van der Waals surface area contributed by atoms with Crippen molar-refractivity contribution in [1.82, 2.24) is 4.90 Å². The Morgan fingerprint density at radius 3 is 2.19 bits per heavy atom. The molecule has 1 N–H and O–H groups in total. The van der Waals surface area contributed by atoms with Crippen LogP contribution in [0, 0.1) is 0 Å². The molecular formula is C18H21NO2. The van der Waals surface area contributed by atoms with E-state index in [9.17, 15) is 9.90 Å². The van der Waals surface area contributed by atoms with Crippen LogP contribution in [0.3, 0.4) is 0 Å². The molecule has 1 amide bonds. The third-order valence-electron chi connectivity index (χ3n) is 3.94. The van der Waals surface area contributed by atoms with Crippen LogP contribution in [0.4, 0.5) is 0 Å². The quantitative estimate of drug-likeness (QED) is 0.826. The Morgan fingerprint density at radius 1 is 1.05 bits per heavy atom. The van der Waals surface area contributed by atoms with Crippen LogP contribution in [0.5, 0.6) is 5.75 Å². The number of rotatable bonds is 6. The molecule has 0 aliphatic carbocycles. The molecule has 0 heterocycles. The van der Waals surface area contributed by atoms with Crippen molar-refractivity contribution in [2.24, 2.45) is 0 Å². The maximum atomic E-state index is 10.9. The molecule has 3 nitrogen and oxygen atoms in total. The van der Waals surface area contributed by atoms with Crippen LogP contribution in [0.15, 0.2) is 54.6 Å². The minimum atomic E-state index is 0.140. The lowest BCUT2D eigenvalue weighted by Gasteiger charge is -2.26. The van der Waals surface area contributed by atoms with E-state index >= 15 is 0 Å². The standard InChI is InChI=1S/C18H21NO2/c1-14(19(2)13-20)12-18(15-6-4-3-5-7-15)16-8-10-17(21)11-9-16/h3-11,13-14,18,21H,12H2,1-2H3/t14-,18-/m0/s1. The number of nitrogens with zero attached hydrogens (tertiary/aromatic N) is 1. The van der Waals surface area contributed by atoms with E-state index in [1.807, 2.05) is 37.3 Å². The molecule has 0 bridgehead atoms. The summed E-state index contributed by atoms with van der Waals surface area (Å²) in [4.78, 5) is 12.6. The van der Waals surface area contributed by atoms with Crippen molar-refractivity contribution in [3.63, 3.8) is 0 Å². The van der Waals surface area contributed by atoms with Crippen LogP contribution >= 0.6 is 0 Å². The molecule has 0 saturated heterocycles. The average molecular weight is 283 g/mol. The SMILES string of the molecule is C[C@@H](C[C@@H](c1ccccc1)c1ccc(O)cc1)N(C)C=O. The Balaban J connectivity index is 2.31. The molecule has 2 rings (SSSR count). The molecule has 110 valence electrons. The Bertz CT molecular complexity index is 566. The molecule has 2 aromatic rings. The summed E-state index contributed by atoms with van der Waals surface area (Å²) in [6.45, 7) is 2.05. The largest absolute Gasteiger partial charge is 0.508 e. The molecule has 0 radical (unpaired) electrons. The summed E-state index contributed by atoms with van der Waals surface area (Å²) in [5.74, 6) is 0.466. The van der Waals surface area contributed by atoms with Crippen LogP contribution in [0.25, 0.3) is 0 Å². The van der Waals surface area contributed by atoms with Gasteiger partial charge < -0.3 is 10.0 Å². The molecule has 0 spiro atoms. The second-order valence-corrected chi connectivity index (χ2v) is 5.41. The minimum absolute atomic E-state index is 0.140. The van der Waals surface area contributed by atoms with Crippen LogP contribution in [0.2, 0.25) is 0 Å². The van der Waals surface area contributed by atoms with Gasteiger partial charge in [-0.1, -0.05) is 42.5 Å². The van der Waals surface area contributed by atoms with E-state index in [0.717, 1.165) is 18.4 Å². The normalized spacial score (nSPS) is 13.4. The summed E-state index contributed by atoms with van der Waals surface area (Å²) < 4.78 is 0. The number of aromatic hydroxyl groups is 1. The number of amides is 1. The molecule has 21 heavy (non-hydrogen) atoms. The molecule has 0 aliphatic rings. The van der Waals surface area contributed by atoms with Gasteiger partial charge >= 0.3 is 0 Å². The van der Waals surface area contributed by atoms with Gasteiger partial charge in [0.25, 0.3) is 0 Å². The van der Waals surface area contributed by atoms with E-state index in [-0.39, 0.29) is 17.7 Å². The fourth-order valence-electron chi connectivity index (χ4n) is 2.47. The maximum Gasteiger partial charge on any atom is 0.209 e. The van der Waals surface area contributed by atoms with Crippen molar-refractivity contribution in [2.75, 3.05) is 7.05 Å². The number of carbonyl (C=O) groups is 1. The fraction of sp³-hybridized carbons (Fsp3) is 0.278. The Hall–Kier alpha value is -2.29. The van der Waals surface area contributed by atoms with Gasteiger partial charge in [0.05, 0.1) is 0 Å². The summed E-state index contributed by atoms with van der Waals surface area (Å²) in [7, 11) is 1.80. The maximum absolute atomic E-state index is 10.9. The third-order valence-corrected chi connectivity index (χ3v) is 3.94. The van der Waals surface area contributed by atoms with Gasteiger partial charge in [-0.25, -0.2) is 0 Å². The smallest absolute Gasteiger partial charge is 0.209 e. The zero-order valence-electron chi connectivity index (χ0n) is 12.4. The predicted molar refractivity (Wildman–Crippen MR) is 84.3 cm³/mol. The van der Waals surface area contributed by atoms with Crippen LogP contribution in [0.1, 0.15) is 30.4 Å². The highest BCUT2D eigenvalue weighted by Gasteiger charge is 2.19. The Labute approximate surface area is 125 Å². The number of benzene rings is 2. The second kappa shape index (κ2) is 6.93. The lowest BCUT2D eigenvalue weighted by atomic mass is 9.86. The molecule has 0 unspecified atom stereocenters. The highest BCUT2D eigenvalue weighted by molar-refractivity contribution is 5.47. The van der Waals surface area contributed by atoms with Crippen molar-refractivity contribution < 1.29 is 9.90 Å². The van der Waals surface area contributed by atoms with Gasteiger partial charge in [-0.2, -0.15) is 0 Å². The molecule has 0 fully saturated rings. The zero-order chi connectivity index (χ0) is 15.2. The molecule has 0 aliphatic heterocycles. The van der Waals surface area contributed by atoms with E-state index in [1.54, 1.807) is 24.1 Å². The van der Waals surface area contributed by atoms with Crippen molar-refractivity contribution in [3.8, 4) is 5.75 Å². The summed E-state index contributed by atoms with van der Waals surface area (Å²) in [6, 6.07) is 17.7. The van der Waals surface area contributed by atoms with Gasteiger partial charge in [-0.3, -0.25) is 4.79 Å². The van der Waals surface area contributed by atoms with Gasteiger partial charge in [0.2, 0.25) is 6.41 Å². The Morgan fingerprint density at radius 2 is 1.62 bits per heavy atom. The van der Waals surface area contributed by atoms with Crippen molar-refractivity contribution >= 4 is 6.41 Å². The van der Waals surface area contributed by atoms with E-state index in [2.05, 4.69) is 12.1 Å². The highest BCUT2D eigenvalue weighted by atomic mass is 16.3. The van der Waals surface area contributed by atoms with Gasteiger partial charge in [0, 0.05) is 19.0 Å². The number of carbonyl (C=O) groups excluding carboxylic acids is 1. The third kappa shape index (κ3) is 3.85. The number of phenols is 1. The van der Waals surface area contributed by atoms with E-state index in [1.165, 1.54) is 5.56 Å². The number of hydrogen-bond acceptors (Lipinski definition) is 2. The first kappa shape index (κ1) is 15.1. The summed E-state index contributed by atoms with van der Waals surface area (Å²) >= 11 is 0. The van der Waals surface area contributed by atoms with Crippen molar-refractivity contribution in [1.29, 1.82) is 0 Å². The van der Waals surface area contributed by atoms with Gasteiger partial charge in [-0.05, 0) is 36.6 Å². The van der Waals surface area contributed by atoms with E-state index in [4.69, 9.17) is 0 Å². The highest BCUT2D eigenvalue weighted by Crippen LogP contribution is 2.31. The summed E-state index contributed by atoms with van der Waals surface area (Å²) in [6.07, 6.45) is 1.70. The molecule has 0 aromatic heterocycles. The fourth-order valence-corrected chi connectivity index (χ4v) is 2.47. The minimum Gasteiger partial charge on any atom is -0.508 e. The van der Waals surface area contributed by atoms with E-state index in [0.29, 0.717) is 0 Å². The van der Waals surface area contributed by atoms with Gasteiger partial charge in [0.1, 0.15) is 5.75 Å². The van der Waals surface area contributed by atoms with Gasteiger partial charge in [-0.15, -0.1) is 0 Å². The summed E-state index contributed by atoms with van der Waals surface area (Å²) in [5.41, 5.74) is 2.36. The predicted octanol–water partition coefficient (Wildman–Crippen LogP) is 3.39. The van der Waals surface area contributed by atoms with Crippen molar-refractivity contribution in [2.45, 2.75) is 25.3 Å². The van der Waals surface area contributed by atoms with Crippen LogP contribution < -0.4 is 0 Å². The first-order valence-corrected chi connectivity index (χ1v) is 7.13. The van der Waals surface area contributed by atoms with Crippen LogP contribution in [-0.4, -0.2) is 29.5 Å². The molecule has 3 heteroatoms. The molecule has 2 aromatic carbocycles. The first-order chi connectivity index (χ1) is 10.1. The topological polar surface area (TPSA) is 40.5 Å². The lowest BCUT2D eigenvalue weighted by molar-refractivity contribution is -0.118. The van der Waals surface area contributed by atoms with E-state index < -0.39 is 0 Å². The second-order valence-electron chi connectivity index (χ2n) is 5.41. The average Bonchev–Trinajstić information content (AvgIpc) is 2.53. The lowest BCUT2D eigenvalue weighted by Crippen LogP contribution is -2.29. The van der Waals surface area contributed by atoms with Gasteiger partial charge in [0.15, 0.2) is 0 Å². The molecule has 0 saturated carbocycles. The molecular weight excluding hydrogens is 262 g/mol. The first-order valence-electron chi connectivity index (χ1n) is 7.13. The monoisotopic (exact) mass is 283 g/mol. The Kier molecular flexibility index (Phi) is 4.99. The van der Waals surface area contributed by atoms with Crippen LogP contribution in [-0.2, 0) is 4.79 Å². The zero-order valence-corrected chi connectivity index (χ0v) is 12.4. The molecule has 2 atom stereocenters. The van der Waals surface area contributed by atoms with Crippen molar-refractivity contribution in [3.05, 3.63) is 65.7 Å². The number of phenolic OH excluding ortho intramolecular Hbond substituents is 1.